The van der Waals surface area contributed by atoms with Crippen LogP contribution in [-0.4, -0.2) is 8.42 Å². The van der Waals surface area contributed by atoms with E-state index in [-0.39, 0.29) is 5.41 Å². The zero-order chi connectivity index (χ0) is 11.7. The van der Waals surface area contributed by atoms with E-state index in [1.807, 2.05) is 12.1 Å². The van der Waals surface area contributed by atoms with E-state index in [0.717, 1.165) is 5.56 Å². The Morgan fingerprint density at radius 1 is 1.13 bits per heavy atom. The van der Waals surface area contributed by atoms with Crippen LogP contribution in [0.25, 0.3) is 0 Å². The summed E-state index contributed by atoms with van der Waals surface area (Å²) in [6, 6.07) is 7.03. The van der Waals surface area contributed by atoms with Gasteiger partial charge in [-0.3, -0.25) is 4.72 Å². The molecule has 0 unspecified atom stereocenters. The van der Waals surface area contributed by atoms with E-state index in [2.05, 4.69) is 25.5 Å². The lowest BCUT2D eigenvalue weighted by molar-refractivity contribution is 0.590. The molecular formula is C10H15N2O2S. The SMILES string of the molecule is CC(C)(C)c1ccc(NS([NH])(=O)=O)cc1. The summed E-state index contributed by atoms with van der Waals surface area (Å²) in [5.74, 6) is 0. The van der Waals surface area contributed by atoms with Gasteiger partial charge < -0.3 is 0 Å². The van der Waals surface area contributed by atoms with Gasteiger partial charge in [-0.1, -0.05) is 32.9 Å². The van der Waals surface area contributed by atoms with E-state index in [4.69, 9.17) is 5.14 Å². The second kappa shape index (κ2) is 3.83. The maximum absolute atomic E-state index is 10.6. The Bertz CT molecular complexity index is 429. The second-order valence-corrected chi connectivity index (χ2v) is 5.64. The van der Waals surface area contributed by atoms with E-state index in [1.165, 1.54) is 0 Å². The molecule has 1 radical (unpaired) electrons. The molecule has 0 saturated carbocycles. The highest BCUT2D eigenvalue weighted by Gasteiger charge is 2.13. The zero-order valence-corrected chi connectivity index (χ0v) is 9.85. The number of nitrogens with one attached hydrogen (secondary N) is 2. The van der Waals surface area contributed by atoms with Gasteiger partial charge in [-0.05, 0) is 23.1 Å². The summed E-state index contributed by atoms with van der Waals surface area (Å²) in [6.45, 7) is 6.24. The molecule has 0 spiro atoms. The minimum Gasteiger partial charge on any atom is -0.270 e. The molecule has 1 aromatic rings. The van der Waals surface area contributed by atoms with Crippen molar-refractivity contribution in [2.75, 3.05) is 4.72 Å². The van der Waals surface area contributed by atoms with Crippen LogP contribution in [0.3, 0.4) is 0 Å². The van der Waals surface area contributed by atoms with Crippen molar-refractivity contribution >= 4 is 15.9 Å². The van der Waals surface area contributed by atoms with Crippen LogP contribution in [0.4, 0.5) is 5.69 Å². The van der Waals surface area contributed by atoms with Crippen molar-refractivity contribution in [1.82, 2.24) is 5.14 Å². The highest BCUT2D eigenvalue weighted by atomic mass is 32.2. The monoisotopic (exact) mass is 227 g/mol. The highest BCUT2D eigenvalue weighted by molar-refractivity contribution is 7.90. The van der Waals surface area contributed by atoms with Gasteiger partial charge in [0.1, 0.15) is 0 Å². The third-order valence-corrected chi connectivity index (χ3v) is 2.51. The Balaban J connectivity index is 2.91. The van der Waals surface area contributed by atoms with Crippen molar-refractivity contribution in [2.24, 2.45) is 0 Å². The second-order valence-electron chi connectivity index (χ2n) is 4.43. The Morgan fingerprint density at radius 2 is 1.60 bits per heavy atom. The molecule has 0 aliphatic carbocycles. The first-order chi connectivity index (χ1) is 6.68. The predicted molar refractivity (Wildman–Crippen MR) is 60.8 cm³/mol. The van der Waals surface area contributed by atoms with Crippen LogP contribution in [0.1, 0.15) is 26.3 Å². The van der Waals surface area contributed by atoms with Gasteiger partial charge in [0.15, 0.2) is 0 Å². The lowest BCUT2D eigenvalue weighted by Gasteiger charge is -2.19. The van der Waals surface area contributed by atoms with Crippen LogP contribution >= 0.6 is 0 Å². The molecule has 1 aromatic carbocycles. The van der Waals surface area contributed by atoms with E-state index in [0.29, 0.717) is 5.69 Å². The Kier molecular flexibility index (Phi) is 3.06. The fraction of sp³-hybridized carbons (Fsp3) is 0.400. The normalized spacial score (nSPS) is 12.5. The molecule has 0 fully saturated rings. The van der Waals surface area contributed by atoms with Crippen LogP contribution in [0, 0.1) is 0 Å². The number of rotatable bonds is 2. The topological polar surface area (TPSA) is 70.0 Å². The third-order valence-electron chi connectivity index (χ3n) is 2.00. The van der Waals surface area contributed by atoms with Crippen LogP contribution < -0.4 is 9.86 Å². The first kappa shape index (κ1) is 12.0. The van der Waals surface area contributed by atoms with E-state index in [1.54, 1.807) is 12.1 Å². The molecule has 0 bridgehead atoms. The van der Waals surface area contributed by atoms with Gasteiger partial charge in [-0.15, -0.1) is 5.14 Å². The molecular weight excluding hydrogens is 212 g/mol. The molecule has 2 N–H and O–H groups in total. The van der Waals surface area contributed by atoms with Gasteiger partial charge in [0.25, 0.3) is 0 Å². The van der Waals surface area contributed by atoms with Gasteiger partial charge >= 0.3 is 10.2 Å². The summed E-state index contributed by atoms with van der Waals surface area (Å²) in [5.41, 5.74) is 1.58. The zero-order valence-electron chi connectivity index (χ0n) is 9.03. The number of hydrogen-bond donors (Lipinski definition) is 1. The van der Waals surface area contributed by atoms with Gasteiger partial charge in [0.2, 0.25) is 0 Å². The molecule has 0 saturated heterocycles. The predicted octanol–water partition coefficient (Wildman–Crippen LogP) is 1.92. The average molecular weight is 227 g/mol. The smallest absolute Gasteiger partial charge is 0.270 e. The summed E-state index contributed by atoms with van der Waals surface area (Å²) < 4.78 is 23.4. The molecule has 0 heterocycles. The summed E-state index contributed by atoms with van der Waals surface area (Å²) in [5, 5.41) is 6.71. The van der Waals surface area contributed by atoms with Crippen LogP contribution in [0.2, 0.25) is 0 Å². The summed E-state index contributed by atoms with van der Waals surface area (Å²) in [4.78, 5) is 0. The Labute approximate surface area is 90.7 Å². The van der Waals surface area contributed by atoms with Gasteiger partial charge in [-0.25, -0.2) is 0 Å². The van der Waals surface area contributed by atoms with Crippen molar-refractivity contribution < 1.29 is 8.42 Å². The quantitative estimate of drug-likeness (QED) is 0.838. The van der Waals surface area contributed by atoms with Crippen molar-refractivity contribution in [3.8, 4) is 0 Å². The standard InChI is InChI=1S/C10H15N2O2S/c1-10(2,3)8-4-6-9(7-5-8)12-15(11,13)14/h4-7,11-12H,1-3H3. The number of hydrogen-bond acceptors (Lipinski definition) is 2. The number of benzene rings is 1. The van der Waals surface area contributed by atoms with Crippen molar-refractivity contribution in [3.05, 3.63) is 29.8 Å². The molecule has 83 valence electrons. The minimum atomic E-state index is -3.93. The van der Waals surface area contributed by atoms with Crippen molar-refractivity contribution in [1.29, 1.82) is 0 Å². The average Bonchev–Trinajstić information content (AvgIpc) is 2.00. The van der Waals surface area contributed by atoms with Crippen LogP contribution in [-0.2, 0) is 15.6 Å². The third kappa shape index (κ3) is 3.89. The van der Waals surface area contributed by atoms with Crippen LogP contribution in [0.5, 0.6) is 0 Å². The molecule has 4 nitrogen and oxygen atoms in total. The van der Waals surface area contributed by atoms with Crippen LogP contribution in [0.15, 0.2) is 24.3 Å². The van der Waals surface area contributed by atoms with Gasteiger partial charge in [0.05, 0.1) is 0 Å². The molecule has 5 heteroatoms. The summed E-state index contributed by atoms with van der Waals surface area (Å²) in [7, 11) is -3.93. The van der Waals surface area contributed by atoms with E-state index in [9.17, 15) is 8.42 Å². The largest absolute Gasteiger partial charge is 0.312 e. The number of anilines is 1. The first-order valence-electron chi connectivity index (χ1n) is 4.56. The molecule has 0 aliphatic rings. The Hall–Kier alpha value is -1.07. The first-order valence-corrected chi connectivity index (χ1v) is 6.05. The molecule has 0 aromatic heterocycles. The maximum atomic E-state index is 10.6. The maximum Gasteiger partial charge on any atom is 0.312 e. The highest BCUT2D eigenvalue weighted by Crippen LogP contribution is 2.23. The molecule has 0 amide bonds. The summed E-state index contributed by atoms with van der Waals surface area (Å²) in [6.07, 6.45) is 0. The molecule has 0 aliphatic heterocycles. The fourth-order valence-corrected chi connectivity index (χ4v) is 1.64. The van der Waals surface area contributed by atoms with E-state index < -0.39 is 10.2 Å². The van der Waals surface area contributed by atoms with Gasteiger partial charge in [-0.2, -0.15) is 8.42 Å². The van der Waals surface area contributed by atoms with Crippen molar-refractivity contribution in [3.63, 3.8) is 0 Å². The Morgan fingerprint density at radius 3 is 1.93 bits per heavy atom. The summed E-state index contributed by atoms with van der Waals surface area (Å²) >= 11 is 0. The lowest BCUT2D eigenvalue weighted by atomic mass is 9.87. The molecule has 0 atom stereocenters. The van der Waals surface area contributed by atoms with Crippen molar-refractivity contribution in [2.45, 2.75) is 26.2 Å². The lowest BCUT2D eigenvalue weighted by Crippen LogP contribution is -2.13. The molecule has 1 rings (SSSR count). The molecule has 15 heavy (non-hydrogen) atoms. The van der Waals surface area contributed by atoms with E-state index >= 15 is 0 Å². The fourth-order valence-electron chi connectivity index (χ4n) is 1.19. The minimum absolute atomic E-state index is 0.0400. The van der Waals surface area contributed by atoms with Gasteiger partial charge in [0, 0.05) is 5.69 Å².